The molecule has 0 aromatic heterocycles. The Labute approximate surface area is 99.6 Å². The fourth-order valence-electron chi connectivity index (χ4n) is 1.25. The first-order chi connectivity index (χ1) is 7.82. The molecule has 0 aliphatic carbocycles. The van der Waals surface area contributed by atoms with Gasteiger partial charge in [0.05, 0.1) is 26.2 Å². The Kier molecular flexibility index (Phi) is 7.14. The highest BCUT2D eigenvalue weighted by molar-refractivity contribution is 7.55. The van der Waals surface area contributed by atoms with Gasteiger partial charge >= 0.3 is 17.9 Å². The fraction of sp³-hybridized carbons (Fsp3) is 0.600. The molecule has 0 aromatic rings. The van der Waals surface area contributed by atoms with Gasteiger partial charge in [0.25, 0.3) is 0 Å². The Balaban J connectivity index is 4.15. The van der Waals surface area contributed by atoms with E-state index < -0.39 is 31.4 Å². The van der Waals surface area contributed by atoms with Crippen LogP contribution in [0.2, 0.25) is 0 Å². The average molecular weight is 263 g/mol. The summed E-state index contributed by atoms with van der Waals surface area (Å²) in [6, 6.07) is 0. The first-order valence-corrected chi connectivity index (χ1v) is 6.94. The predicted molar refractivity (Wildman–Crippen MR) is 64.0 cm³/mol. The van der Waals surface area contributed by atoms with Crippen LogP contribution in [-0.4, -0.2) is 51.9 Å². The predicted octanol–water partition coefficient (Wildman–Crippen LogP) is 0.941. The lowest BCUT2D eigenvalue weighted by atomic mass is 10.1. The second-order valence-electron chi connectivity index (χ2n) is 3.69. The lowest BCUT2D eigenvalue weighted by Gasteiger charge is -2.06. The molecule has 2 unspecified atom stereocenters. The van der Waals surface area contributed by atoms with Gasteiger partial charge in [0.1, 0.15) is 12.3 Å². The third-order valence-electron chi connectivity index (χ3n) is 2.18. The maximum absolute atomic E-state index is 10.9. The van der Waals surface area contributed by atoms with E-state index in [9.17, 15) is 14.4 Å². The van der Waals surface area contributed by atoms with E-state index in [0.717, 1.165) is 0 Å². The highest BCUT2D eigenvalue weighted by Gasteiger charge is 2.25. The molecule has 0 bridgehead atoms. The summed E-state index contributed by atoms with van der Waals surface area (Å²) >= 11 is 0. The number of hydrogen-bond donors (Lipinski definition) is 3. The summed E-state index contributed by atoms with van der Waals surface area (Å²) in [6.45, 7) is 0. The van der Waals surface area contributed by atoms with Crippen molar-refractivity contribution in [3.8, 4) is 0 Å². The molecular weight excluding hydrogens is 247 g/mol. The van der Waals surface area contributed by atoms with Crippen LogP contribution in [0.15, 0.2) is 0 Å². The van der Waals surface area contributed by atoms with E-state index in [1.807, 2.05) is 0 Å². The van der Waals surface area contributed by atoms with Crippen molar-refractivity contribution in [2.45, 2.75) is 19.3 Å². The molecule has 0 radical (unpaired) electrons. The topological polar surface area (TPSA) is 112 Å². The van der Waals surface area contributed by atoms with Gasteiger partial charge in [-0.15, -0.1) is 0 Å². The Hall–Kier alpha value is -1.42. The molecule has 0 amide bonds. The van der Waals surface area contributed by atoms with Crippen LogP contribution < -0.4 is 0 Å². The maximum atomic E-state index is 10.9. The van der Waals surface area contributed by atoms with Crippen LogP contribution in [-0.2, 0) is 14.4 Å². The zero-order valence-corrected chi connectivity index (χ0v) is 10.2. The van der Waals surface area contributed by atoms with E-state index >= 15 is 0 Å². The number of aliphatic carboxylic acids is 3. The van der Waals surface area contributed by atoms with E-state index in [0.29, 0.717) is 6.16 Å². The van der Waals surface area contributed by atoms with Gasteiger partial charge in [-0.25, -0.2) is 0 Å². The molecule has 0 rings (SSSR count). The Morgan fingerprint density at radius 3 is 2.00 bits per heavy atom. The van der Waals surface area contributed by atoms with Gasteiger partial charge in [0.15, 0.2) is 0 Å². The maximum Gasteiger partial charge on any atom is 0.310 e. The summed E-state index contributed by atoms with van der Waals surface area (Å²) in [4.78, 5) is 31.5. The second kappa shape index (κ2) is 7.79. The summed E-state index contributed by atoms with van der Waals surface area (Å²) in [5.41, 5.74) is 0. The molecule has 0 saturated heterocycles. The molecule has 0 aliphatic rings. The fourth-order valence-corrected chi connectivity index (χ4v) is 2.90. The number of carboxylic acid groups (broad SMARTS) is 3. The molecule has 2 atom stereocenters. The first kappa shape index (κ1) is 15.6. The van der Waals surface area contributed by atoms with E-state index in [4.69, 9.17) is 15.3 Å². The van der Waals surface area contributed by atoms with Crippen molar-refractivity contribution in [1.82, 2.24) is 0 Å². The Morgan fingerprint density at radius 2 is 1.59 bits per heavy atom. The number of carboxylic acids is 3. The van der Waals surface area contributed by atoms with Gasteiger partial charge in [-0.3, -0.25) is 14.4 Å². The Bertz CT molecular complexity index is 325. The average Bonchev–Trinajstić information content (AvgIpc) is 2.20. The summed E-state index contributed by atoms with van der Waals surface area (Å²) in [5.74, 6) is -3.75. The van der Waals surface area contributed by atoms with Crippen molar-refractivity contribution < 1.29 is 29.7 Å². The minimum Gasteiger partial charge on any atom is -0.481 e. The molecule has 0 spiro atoms. The molecule has 17 heavy (non-hydrogen) atoms. The molecule has 96 valence electrons. The van der Waals surface area contributed by atoms with Gasteiger partial charge in [-0.1, -0.05) is 0 Å². The zero-order chi connectivity index (χ0) is 13.4. The SMILES string of the molecule is C=[P+](CCC(=O)O)CC(CCC(=O)O)C(=O)O. The van der Waals surface area contributed by atoms with Crippen molar-refractivity contribution in [3.05, 3.63) is 0 Å². The van der Waals surface area contributed by atoms with Crippen LogP contribution in [0.1, 0.15) is 19.3 Å². The number of rotatable bonds is 9. The molecule has 0 heterocycles. The molecule has 0 saturated carbocycles. The summed E-state index contributed by atoms with van der Waals surface area (Å²) in [5, 5.41) is 25.8. The summed E-state index contributed by atoms with van der Waals surface area (Å²) in [7, 11) is -0.920. The van der Waals surface area contributed by atoms with Crippen LogP contribution in [0.5, 0.6) is 0 Å². The highest BCUT2D eigenvalue weighted by Crippen LogP contribution is 2.26. The zero-order valence-electron chi connectivity index (χ0n) is 9.33. The van der Waals surface area contributed by atoms with Gasteiger partial charge in [0, 0.05) is 6.42 Å². The van der Waals surface area contributed by atoms with Crippen molar-refractivity contribution in [1.29, 1.82) is 0 Å². The molecule has 0 aromatic carbocycles. The largest absolute Gasteiger partial charge is 0.481 e. The minimum absolute atomic E-state index is 0.0273. The van der Waals surface area contributed by atoms with Crippen molar-refractivity contribution in [2.75, 3.05) is 12.3 Å². The smallest absolute Gasteiger partial charge is 0.310 e. The van der Waals surface area contributed by atoms with Crippen LogP contribution in [0, 0.1) is 5.92 Å². The van der Waals surface area contributed by atoms with Crippen molar-refractivity contribution >= 4 is 31.8 Å². The quantitative estimate of drug-likeness (QED) is 0.534. The van der Waals surface area contributed by atoms with Crippen molar-refractivity contribution in [2.24, 2.45) is 5.92 Å². The number of hydrogen-bond acceptors (Lipinski definition) is 3. The number of carbonyl (C=O) groups is 3. The minimum atomic E-state index is -1.04. The van der Waals surface area contributed by atoms with E-state index in [1.54, 1.807) is 0 Å². The van der Waals surface area contributed by atoms with Gasteiger partial charge in [-0.05, 0) is 6.42 Å². The van der Waals surface area contributed by atoms with Gasteiger partial charge in [0.2, 0.25) is 0 Å². The van der Waals surface area contributed by atoms with Gasteiger partial charge in [-0.2, -0.15) is 0 Å². The summed E-state index contributed by atoms with van der Waals surface area (Å²) in [6.07, 6.45) is 4.22. The Morgan fingerprint density at radius 1 is 1.06 bits per heavy atom. The van der Waals surface area contributed by atoms with Gasteiger partial charge < -0.3 is 15.3 Å². The normalized spacial score (nSPS) is 12.8. The first-order valence-electron chi connectivity index (χ1n) is 5.04. The third kappa shape index (κ3) is 8.39. The molecule has 0 fully saturated rings. The van der Waals surface area contributed by atoms with E-state index in [-0.39, 0.29) is 25.4 Å². The second-order valence-corrected chi connectivity index (χ2v) is 5.84. The monoisotopic (exact) mass is 263 g/mol. The van der Waals surface area contributed by atoms with E-state index in [2.05, 4.69) is 6.30 Å². The molecule has 6 nitrogen and oxygen atoms in total. The van der Waals surface area contributed by atoms with Crippen molar-refractivity contribution in [3.63, 3.8) is 0 Å². The molecule has 0 aliphatic heterocycles. The lowest BCUT2D eigenvalue weighted by Crippen LogP contribution is -2.18. The molecule has 7 heteroatoms. The molecular formula is C10H16O6P+. The van der Waals surface area contributed by atoms with Crippen LogP contribution >= 0.6 is 7.55 Å². The summed E-state index contributed by atoms with van der Waals surface area (Å²) < 4.78 is 0. The molecule has 3 N–H and O–H groups in total. The third-order valence-corrected chi connectivity index (χ3v) is 3.99. The van der Waals surface area contributed by atoms with Crippen LogP contribution in [0.4, 0.5) is 0 Å². The lowest BCUT2D eigenvalue weighted by molar-refractivity contribution is -0.142. The highest BCUT2D eigenvalue weighted by atomic mass is 31.1. The van der Waals surface area contributed by atoms with Crippen LogP contribution in [0.3, 0.4) is 0 Å². The van der Waals surface area contributed by atoms with E-state index in [1.165, 1.54) is 0 Å². The standard InChI is InChI=1S/C10H15O6P/c1-17(5-4-9(13)14)6-7(10(15)16)2-3-8(11)12/h7H,1-6H2,(H2-,11,12,13,14,15,16)/p+1. The van der Waals surface area contributed by atoms with Crippen LogP contribution in [0.25, 0.3) is 0 Å².